The van der Waals surface area contributed by atoms with Gasteiger partial charge in [-0.1, -0.05) is 29.4 Å². The molecular weight excluding hydrogens is 490 g/mol. The summed E-state index contributed by atoms with van der Waals surface area (Å²) in [7, 11) is -1.98. The van der Waals surface area contributed by atoms with Crippen LogP contribution in [0.25, 0.3) is 5.70 Å². The predicted octanol–water partition coefficient (Wildman–Crippen LogP) is 3.67. The lowest BCUT2D eigenvalue weighted by molar-refractivity contribution is 0.174. The highest BCUT2D eigenvalue weighted by Gasteiger charge is 2.26. The third kappa shape index (κ3) is 4.06. The molecule has 2 aliphatic rings. The van der Waals surface area contributed by atoms with Crippen LogP contribution < -0.4 is 19.9 Å². The number of thioether (sulfide) groups is 1. The summed E-state index contributed by atoms with van der Waals surface area (Å²) in [4.78, 5) is 1.92. The smallest absolute Gasteiger partial charge is 0.239 e. The summed E-state index contributed by atoms with van der Waals surface area (Å²) in [5.74, 6) is 1.43. The average Bonchev–Trinajstić information content (AvgIpc) is 3.21. The van der Waals surface area contributed by atoms with Crippen LogP contribution in [-0.4, -0.2) is 32.7 Å². The molecule has 0 radical (unpaired) electrons. The van der Waals surface area contributed by atoms with Crippen molar-refractivity contribution >= 4 is 61.8 Å². The van der Waals surface area contributed by atoms with Crippen LogP contribution in [0.1, 0.15) is 5.56 Å². The van der Waals surface area contributed by atoms with E-state index < -0.39 is 10.0 Å². The molecule has 0 amide bonds. The number of nitrogens with two attached hydrogens (primary N) is 1. The first-order valence-corrected chi connectivity index (χ1v) is 10.8. The Balaban J connectivity index is 0.00000225. The van der Waals surface area contributed by atoms with E-state index >= 15 is 0 Å². The Morgan fingerprint density at radius 2 is 1.96 bits per heavy atom. The monoisotopic (exact) mass is 505 g/mol. The summed E-state index contributed by atoms with van der Waals surface area (Å²) in [6, 6.07) is 10.5. The van der Waals surface area contributed by atoms with Crippen molar-refractivity contribution in [1.29, 1.82) is 0 Å². The number of primary sulfonamides is 1. The molecule has 2 aromatic carbocycles. The van der Waals surface area contributed by atoms with Crippen LogP contribution in [0.2, 0.25) is 5.02 Å². The number of sulfonamides is 1. The van der Waals surface area contributed by atoms with Gasteiger partial charge in [0.2, 0.25) is 16.8 Å². The molecule has 28 heavy (non-hydrogen) atoms. The second-order valence-corrected chi connectivity index (χ2v) is 8.90. The minimum absolute atomic E-state index is 0. The molecule has 3 N–H and O–H groups in total. The van der Waals surface area contributed by atoms with Crippen molar-refractivity contribution in [3.63, 3.8) is 0 Å². The first-order valence-electron chi connectivity index (χ1n) is 7.90. The molecule has 0 saturated carbocycles. The van der Waals surface area contributed by atoms with Gasteiger partial charge in [0.25, 0.3) is 0 Å². The highest BCUT2D eigenvalue weighted by atomic mass is 79.9. The number of anilines is 1. The second-order valence-electron chi connectivity index (χ2n) is 6.01. The van der Waals surface area contributed by atoms with E-state index in [-0.39, 0.29) is 39.2 Å². The fraction of sp³-hybridized carbons (Fsp3) is 0.176. The third-order valence-electron chi connectivity index (χ3n) is 4.24. The van der Waals surface area contributed by atoms with Gasteiger partial charge in [0.05, 0.1) is 10.7 Å². The summed E-state index contributed by atoms with van der Waals surface area (Å²) < 4.78 is 34.2. The maximum Gasteiger partial charge on any atom is 0.239 e. The van der Waals surface area contributed by atoms with E-state index in [4.69, 9.17) is 26.2 Å². The van der Waals surface area contributed by atoms with Gasteiger partial charge in [0, 0.05) is 18.8 Å². The van der Waals surface area contributed by atoms with Gasteiger partial charge in [-0.2, -0.15) is 0 Å². The third-order valence-corrected chi connectivity index (χ3v) is 6.68. The maximum atomic E-state index is 11.7. The van der Waals surface area contributed by atoms with Gasteiger partial charge in [-0.05, 0) is 35.2 Å². The van der Waals surface area contributed by atoms with E-state index in [1.165, 1.54) is 12.1 Å². The number of rotatable bonds is 4. The van der Waals surface area contributed by atoms with Crippen molar-refractivity contribution in [3.05, 3.63) is 52.4 Å². The average molecular weight is 507 g/mol. The number of nitrogens with one attached hydrogen (secondary N) is 1. The fourth-order valence-corrected chi connectivity index (χ4v) is 4.97. The van der Waals surface area contributed by atoms with E-state index in [0.29, 0.717) is 11.3 Å². The Bertz CT molecular complexity index is 1050. The van der Waals surface area contributed by atoms with E-state index in [9.17, 15) is 8.42 Å². The number of benzene rings is 2. The van der Waals surface area contributed by atoms with Crippen LogP contribution >= 0.6 is 40.3 Å². The lowest BCUT2D eigenvalue weighted by Crippen LogP contribution is -2.30. The normalized spacial score (nSPS) is 17.9. The first kappa shape index (κ1) is 21.1. The molecule has 4 rings (SSSR count). The number of hydrogen-bond donors (Lipinski definition) is 2. The van der Waals surface area contributed by atoms with Gasteiger partial charge in [0.15, 0.2) is 17.0 Å². The number of fused-ring (bicyclic) bond motifs is 1. The van der Waals surface area contributed by atoms with Crippen molar-refractivity contribution in [2.24, 2.45) is 5.14 Å². The summed E-state index contributed by atoms with van der Waals surface area (Å²) >= 11 is 7.54. The molecule has 0 aliphatic carbocycles. The van der Waals surface area contributed by atoms with Gasteiger partial charge in [-0.15, -0.1) is 17.0 Å². The lowest BCUT2D eigenvalue weighted by Gasteiger charge is -2.26. The van der Waals surface area contributed by atoms with Gasteiger partial charge < -0.3 is 19.7 Å². The van der Waals surface area contributed by atoms with Gasteiger partial charge in [0.1, 0.15) is 4.90 Å². The molecular formula is C17H17BrClN3O4S2. The van der Waals surface area contributed by atoms with Gasteiger partial charge >= 0.3 is 0 Å². The molecule has 11 heteroatoms. The van der Waals surface area contributed by atoms with Crippen molar-refractivity contribution in [2.45, 2.75) is 10.4 Å². The van der Waals surface area contributed by atoms with Crippen LogP contribution in [0.5, 0.6) is 11.5 Å². The Morgan fingerprint density at radius 1 is 1.21 bits per heavy atom. The van der Waals surface area contributed by atoms with E-state index in [2.05, 4.69) is 5.32 Å². The van der Waals surface area contributed by atoms with E-state index in [1.807, 2.05) is 35.6 Å². The minimum atomic E-state index is -3.90. The van der Waals surface area contributed by atoms with Crippen LogP contribution in [0.4, 0.5) is 5.69 Å². The molecule has 2 aromatic rings. The fourth-order valence-electron chi connectivity index (χ4n) is 2.84. The Kier molecular flexibility index (Phi) is 6.06. The largest absolute Gasteiger partial charge is 0.454 e. The first-order chi connectivity index (χ1) is 12.8. The Hall–Kier alpha value is -1.59. The molecule has 0 bridgehead atoms. The van der Waals surface area contributed by atoms with Crippen LogP contribution in [-0.2, 0) is 10.0 Å². The number of hydrogen-bond acceptors (Lipinski definition) is 7. The zero-order valence-corrected chi connectivity index (χ0v) is 18.7. The highest BCUT2D eigenvalue weighted by molar-refractivity contribution is 8.93. The summed E-state index contributed by atoms with van der Waals surface area (Å²) in [5, 5.41) is 10.7. The standard InChI is InChI=1S/C17H16ClN3O4S2.BrH/c1-21-13(10-2-4-12(18)16(6-10)27(19,22)23)8-26-17(21)20-11-3-5-14-15(7-11)25-9-24-14;/h2-8,17,20H,9H2,1H3,(H2,19,22,23);1H. The van der Waals surface area contributed by atoms with E-state index in [1.54, 1.807) is 17.8 Å². The molecule has 1 atom stereocenters. The minimum Gasteiger partial charge on any atom is -0.454 e. The van der Waals surface area contributed by atoms with Crippen LogP contribution in [0.15, 0.2) is 46.7 Å². The lowest BCUT2D eigenvalue weighted by atomic mass is 10.1. The zero-order chi connectivity index (χ0) is 19.2. The highest BCUT2D eigenvalue weighted by Crippen LogP contribution is 2.39. The molecule has 2 aliphatic heterocycles. The molecule has 7 nitrogen and oxygen atoms in total. The molecule has 0 fully saturated rings. The second kappa shape index (κ2) is 8.03. The predicted molar refractivity (Wildman–Crippen MR) is 116 cm³/mol. The Morgan fingerprint density at radius 3 is 2.71 bits per heavy atom. The molecule has 150 valence electrons. The van der Waals surface area contributed by atoms with Crippen molar-refractivity contribution < 1.29 is 17.9 Å². The molecule has 0 aromatic heterocycles. The van der Waals surface area contributed by atoms with E-state index in [0.717, 1.165) is 17.1 Å². The zero-order valence-electron chi connectivity index (χ0n) is 14.6. The number of nitrogens with zero attached hydrogens (tertiary/aromatic N) is 1. The van der Waals surface area contributed by atoms with Gasteiger partial charge in [-0.25, -0.2) is 13.6 Å². The van der Waals surface area contributed by atoms with Crippen LogP contribution in [0, 0.1) is 0 Å². The summed E-state index contributed by atoms with van der Waals surface area (Å²) in [5.41, 5.74) is 2.39. The SMILES string of the molecule is Br.CN1C(c2ccc(Cl)c(S(N)(=O)=O)c2)=CSC1Nc1ccc2c(c1)OCO2. The topological polar surface area (TPSA) is 93.9 Å². The number of ether oxygens (including phenoxy) is 2. The van der Waals surface area contributed by atoms with Gasteiger partial charge in [-0.3, -0.25) is 0 Å². The molecule has 2 heterocycles. The quantitative estimate of drug-likeness (QED) is 0.653. The maximum absolute atomic E-state index is 11.7. The van der Waals surface area contributed by atoms with Crippen molar-refractivity contribution in [1.82, 2.24) is 4.90 Å². The summed E-state index contributed by atoms with van der Waals surface area (Å²) in [6.07, 6.45) is 0. The summed E-state index contributed by atoms with van der Waals surface area (Å²) in [6.45, 7) is 0.228. The van der Waals surface area contributed by atoms with Crippen molar-refractivity contribution in [2.75, 3.05) is 19.2 Å². The number of halogens is 2. The van der Waals surface area contributed by atoms with Crippen LogP contribution in [0.3, 0.4) is 0 Å². The molecule has 0 spiro atoms. The van der Waals surface area contributed by atoms with Crippen molar-refractivity contribution in [3.8, 4) is 11.5 Å². The Labute approximate surface area is 182 Å². The molecule has 0 saturated heterocycles. The molecule has 1 unspecified atom stereocenters.